The Labute approximate surface area is 134 Å². The molecule has 1 aromatic carbocycles. The molecule has 0 aliphatic rings. The molecule has 2 aromatic heterocycles. The summed E-state index contributed by atoms with van der Waals surface area (Å²) in [4.78, 5) is 25.0. The van der Waals surface area contributed by atoms with Crippen molar-refractivity contribution in [2.75, 3.05) is 0 Å². The van der Waals surface area contributed by atoms with Crippen LogP contribution in [0, 0.1) is 21.4 Å². The van der Waals surface area contributed by atoms with Crippen molar-refractivity contribution in [1.29, 1.82) is 5.26 Å². The van der Waals surface area contributed by atoms with Crippen molar-refractivity contribution < 1.29 is 4.92 Å². The van der Waals surface area contributed by atoms with E-state index in [4.69, 9.17) is 0 Å². The Bertz CT molecular complexity index is 967. The minimum absolute atomic E-state index is 0.0252. The number of nitriles is 1. The summed E-state index contributed by atoms with van der Waals surface area (Å²) < 4.78 is 0. The lowest BCUT2D eigenvalue weighted by Crippen LogP contribution is -2.12. The topological polar surface area (TPSA) is 99.8 Å². The van der Waals surface area contributed by atoms with Crippen LogP contribution in [-0.2, 0) is 0 Å². The Hall–Kier alpha value is -3.24. The molecule has 0 saturated heterocycles. The molecule has 23 heavy (non-hydrogen) atoms. The van der Waals surface area contributed by atoms with Gasteiger partial charge in [-0.2, -0.15) is 16.6 Å². The third kappa shape index (κ3) is 2.75. The predicted octanol–water partition coefficient (Wildman–Crippen LogP) is 3.55. The van der Waals surface area contributed by atoms with E-state index in [1.165, 1.54) is 23.5 Å². The van der Waals surface area contributed by atoms with Gasteiger partial charge in [-0.3, -0.25) is 14.9 Å². The number of non-ortho nitro benzene ring substituents is 1. The SMILES string of the molecule is N#Cc1c(-c2ccsc2)cc(-c2ccc([N+](=O)[O-])cc2)[nH]c1=O. The number of nitro benzene ring substituents is 1. The standard InChI is InChI=1S/C16H9N3O3S/c17-8-14-13(11-5-6-23-9-11)7-15(18-16(14)20)10-1-3-12(4-2-10)19(21)22/h1-7,9H,(H,18,20). The first kappa shape index (κ1) is 14.7. The Balaban J connectivity index is 2.16. The van der Waals surface area contributed by atoms with Crippen LogP contribution in [0.15, 0.2) is 52.0 Å². The van der Waals surface area contributed by atoms with Crippen molar-refractivity contribution in [1.82, 2.24) is 4.98 Å². The van der Waals surface area contributed by atoms with Gasteiger partial charge in [0.15, 0.2) is 0 Å². The van der Waals surface area contributed by atoms with Crippen molar-refractivity contribution in [2.24, 2.45) is 0 Å². The van der Waals surface area contributed by atoms with Crippen LogP contribution >= 0.6 is 11.3 Å². The molecule has 112 valence electrons. The number of hydrogen-bond acceptors (Lipinski definition) is 5. The number of aromatic amines is 1. The number of pyridine rings is 1. The maximum Gasteiger partial charge on any atom is 0.269 e. The molecule has 0 aliphatic heterocycles. The lowest BCUT2D eigenvalue weighted by atomic mass is 10.0. The van der Waals surface area contributed by atoms with Gasteiger partial charge in [0.05, 0.1) is 4.92 Å². The van der Waals surface area contributed by atoms with Crippen molar-refractivity contribution in [3.63, 3.8) is 0 Å². The second-order valence-corrected chi connectivity index (χ2v) is 5.51. The summed E-state index contributed by atoms with van der Waals surface area (Å²) in [5.41, 5.74) is 2.02. The average molecular weight is 323 g/mol. The zero-order valence-corrected chi connectivity index (χ0v) is 12.5. The summed E-state index contributed by atoms with van der Waals surface area (Å²) in [6, 6.07) is 11.3. The van der Waals surface area contributed by atoms with E-state index in [1.807, 2.05) is 22.9 Å². The zero-order chi connectivity index (χ0) is 16.4. The Kier molecular flexibility index (Phi) is 3.75. The third-order valence-corrected chi connectivity index (χ3v) is 4.05. The first-order chi connectivity index (χ1) is 11.1. The number of H-pyrrole nitrogens is 1. The molecule has 0 saturated carbocycles. The molecule has 2 heterocycles. The van der Waals surface area contributed by atoms with E-state index in [9.17, 15) is 20.2 Å². The highest BCUT2D eigenvalue weighted by molar-refractivity contribution is 7.08. The number of nitrogens with one attached hydrogen (secondary N) is 1. The molecule has 0 fully saturated rings. The van der Waals surface area contributed by atoms with E-state index in [0.717, 1.165) is 5.56 Å². The lowest BCUT2D eigenvalue weighted by molar-refractivity contribution is -0.384. The normalized spacial score (nSPS) is 10.2. The summed E-state index contributed by atoms with van der Waals surface area (Å²) in [6.07, 6.45) is 0. The highest BCUT2D eigenvalue weighted by Crippen LogP contribution is 2.28. The smallest absolute Gasteiger partial charge is 0.269 e. The summed E-state index contributed by atoms with van der Waals surface area (Å²) in [5, 5.41) is 23.6. The van der Waals surface area contributed by atoms with E-state index in [-0.39, 0.29) is 11.3 Å². The fourth-order valence-electron chi connectivity index (χ4n) is 2.23. The van der Waals surface area contributed by atoms with Crippen LogP contribution in [0.5, 0.6) is 0 Å². The van der Waals surface area contributed by atoms with Crippen LogP contribution in [0.25, 0.3) is 22.4 Å². The monoisotopic (exact) mass is 323 g/mol. The molecule has 0 radical (unpaired) electrons. The van der Waals surface area contributed by atoms with Crippen molar-refractivity contribution in [3.05, 3.63) is 73.2 Å². The molecule has 0 unspecified atom stereocenters. The molecule has 1 N–H and O–H groups in total. The van der Waals surface area contributed by atoms with Crippen LogP contribution < -0.4 is 5.56 Å². The van der Waals surface area contributed by atoms with Crippen LogP contribution in [-0.4, -0.2) is 9.91 Å². The number of aromatic nitrogens is 1. The highest BCUT2D eigenvalue weighted by Gasteiger charge is 2.13. The summed E-state index contributed by atoms with van der Waals surface area (Å²) in [6.45, 7) is 0. The largest absolute Gasteiger partial charge is 0.321 e. The lowest BCUT2D eigenvalue weighted by Gasteiger charge is -2.06. The van der Waals surface area contributed by atoms with Crippen LogP contribution in [0.1, 0.15) is 5.56 Å². The molecule has 7 heteroatoms. The molecule has 3 aromatic rings. The first-order valence-electron chi connectivity index (χ1n) is 6.55. The van der Waals surface area contributed by atoms with E-state index >= 15 is 0 Å². The van der Waals surface area contributed by atoms with E-state index in [1.54, 1.807) is 18.2 Å². The van der Waals surface area contributed by atoms with E-state index in [2.05, 4.69) is 4.98 Å². The van der Waals surface area contributed by atoms with Gasteiger partial charge in [0.1, 0.15) is 11.6 Å². The zero-order valence-electron chi connectivity index (χ0n) is 11.6. The van der Waals surface area contributed by atoms with E-state index < -0.39 is 10.5 Å². The van der Waals surface area contributed by atoms with Gasteiger partial charge in [0.25, 0.3) is 11.2 Å². The molecule has 0 aliphatic carbocycles. The number of nitro groups is 1. The molecule has 0 amide bonds. The fraction of sp³-hybridized carbons (Fsp3) is 0. The van der Waals surface area contributed by atoms with Gasteiger partial charge in [0.2, 0.25) is 0 Å². The van der Waals surface area contributed by atoms with Crippen LogP contribution in [0.3, 0.4) is 0 Å². The average Bonchev–Trinajstić information content (AvgIpc) is 3.08. The Morgan fingerprint density at radius 2 is 1.91 bits per heavy atom. The fourth-order valence-corrected chi connectivity index (χ4v) is 2.89. The summed E-state index contributed by atoms with van der Waals surface area (Å²) >= 11 is 1.47. The van der Waals surface area contributed by atoms with Crippen LogP contribution in [0.2, 0.25) is 0 Å². The number of hydrogen-bond donors (Lipinski definition) is 1. The maximum absolute atomic E-state index is 12.2. The highest BCUT2D eigenvalue weighted by atomic mass is 32.1. The van der Waals surface area contributed by atoms with Crippen molar-refractivity contribution >= 4 is 17.0 Å². The summed E-state index contributed by atoms with van der Waals surface area (Å²) in [5.74, 6) is 0. The minimum atomic E-state index is -0.484. The number of nitrogens with zero attached hydrogens (tertiary/aromatic N) is 2. The first-order valence-corrected chi connectivity index (χ1v) is 7.49. The molecule has 6 nitrogen and oxygen atoms in total. The predicted molar refractivity (Wildman–Crippen MR) is 87.2 cm³/mol. The number of rotatable bonds is 3. The van der Waals surface area contributed by atoms with Crippen molar-refractivity contribution in [2.45, 2.75) is 0 Å². The Morgan fingerprint density at radius 1 is 1.17 bits per heavy atom. The Morgan fingerprint density at radius 3 is 2.48 bits per heavy atom. The van der Waals surface area contributed by atoms with Gasteiger partial charge in [-0.05, 0) is 46.2 Å². The van der Waals surface area contributed by atoms with Gasteiger partial charge in [-0.25, -0.2) is 0 Å². The van der Waals surface area contributed by atoms with Gasteiger partial charge in [-0.1, -0.05) is 0 Å². The minimum Gasteiger partial charge on any atom is -0.321 e. The molecule has 0 atom stereocenters. The van der Waals surface area contributed by atoms with Gasteiger partial charge >= 0.3 is 0 Å². The maximum atomic E-state index is 12.2. The molecular weight excluding hydrogens is 314 g/mol. The number of thiophene rings is 1. The number of benzene rings is 1. The van der Waals surface area contributed by atoms with Crippen LogP contribution in [0.4, 0.5) is 5.69 Å². The molecular formula is C16H9N3O3S. The van der Waals surface area contributed by atoms with Gasteiger partial charge in [0, 0.05) is 23.4 Å². The quantitative estimate of drug-likeness (QED) is 0.588. The van der Waals surface area contributed by atoms with E-state index in [0.29, 0.717) is 16.8 Å². The van der Waals surface area contributed by atoms with Gasteiger partial charge < -0.3 is 4.98 Å². The third-order valence-electron chi connectivity index (χ3n) is 3.37. The second-order valence-electron chi connectivity index (χ2n) is 4.73. The second kappa shape index (κ2) is 5.87. The van der Waals surface area contributed by atoms with Crippen molar-refractivity contribution in [3.8, 4) is 28.5 Å². The summed E-state index contributed by atoms with van der Waals surface area (Å²) in [7, 11) is 0. The van der Waals surface area contributed by atoms with Gasteiger partial charge in [-0.15, -0.1) is 0 Å². The molecule has 3 rings (SSSR count). The molecule has 0 bridgehead atoms. The molecule has 0 spiro atoms.